The minimum absolute atomic E-state index is 0.728. The van der Waals surface area contributed by atoms with E-state index in [0.29, 0.717) is 0 Å². The average molecular weight is 287 g/mol. The molecule has 2 aromatic rings. The van der Waals surface area contributed by atoms with Crippen molar-refractivity contribution >= 4 is 5.69 Å². The molecule has 112 valence electrons. The van der Waals surface area contributed by atoms with Gasteiger partial charge in [-0.1, -0.05) is 17.3 Å². The van der Waals surface area contributed by atoms with Crippen molar-refractivity contribution in [3.8, 4) is 0 Å². The van der Waals surface area contributed by atoms with Crippen LogP contribution in [0.15, 0.2) is 30.5 Å². The summed E-state index contributed by atoms with van der Waals surface area (Å²) in [5, 5.41) is 11.2. The Morgan fingerprint density at radius 3 is 2.62 bits per heavy atom. The molecule has 3 rings (SSSR count). The molecule has 1 aromatic carbocycles. The number of aryl methyl sites for hydroxylation is 1. The average Bonchev–Trinajstić information content (AvgIpc) is 2.93. The minimum Gasteiger partial charge on any atom is -0.379 e. The Labute approximate surface area is 124 Å². The largest absolute Gasteiger partial charge is 0.379 e. The molecule has 0 aliphatic carbocycles. The summed E-state index contributed by atoms with van der Waals surface area (Å²) in [5.41, 5.74) is 3.51. The van der Waals surface area contributed by atoms with E-state index in [1.54, 1.807) is 10.9 Å². The Balaban J connectivity index is 1.52. The molecule has 1 aliphatic rings. The monoisotopic (exact) mass is 287 g/mol. The molecule has 2 heterocycles. The molecular weight excluding hydrogens is 266 g/mol. The predicted octanol–water partition coefficient (Wildman–Crippen LogP) is 1.26. The first-order valence-corrected chi connectivity index (χ1v) is 7.28. The Bertz CT molecular complexity index is 560. The summed E-state index contributed by atoms with van der Waals surface area (Å²) in [6.07, 6.45) is 1.78. The van der Waals surface area contributed by atoms with Crippen LogP contribution in [0.3, 0.4) is 0 Å². The van der Waals surface area contributed by atoms with Gasteiger partial charge in [-0.25, -0.2) is 0 Å². The normalized spacial score (nSPS) is 16.0. The minimum atomic E-state index is 0.728. The number of hydrogen-bond donors (Lipinski definition) is 1. The van der Waals surface area contributed by atoms with Crippen LogP contribution in [0, 0.1) is 0 Å². The third-order valence-electron chi connectivity index (χ3n) is 3.75. The highest BCUT2D eigenvalue weighted by Gasteiger charge is 2.10. The highest BCUT2D eigenvalue weighted by atomic mass is 16.5. The summed E-state index contributed by atoms with van der Waals surface area (Å²) in [7, 11) is 1.90. The van der Waals surface area contributed by atoms with E-state index in [1.165, 1.54) is 5.56 Å². The van der Waals surface area contributed by atoms with Crippen LogP contribution in [0.1, 0.15) is 11.3 Å². The van der Waals surface area contributed by atoms with E-state index in [4.69, 9.17) is 4.74 Å². The van der Waals surface area contributed by atoms with Gasteiger partial charge < -0.3 is 10.1 Å². The number of aromatic nitrogens is 3. The van der Waals surface area contributed by atoms with Crippen molar-refractivity contribution in [2.45, 2.75) is 13.1 Å². The fraction of sp³-hybridized carbons (Fsp3) is 0.467. The molecule has 1 aromatic heterocycles. The van der Waals surface area contributed by atoms with E-state index >= 15 is 0 Å². The van der Waals surface area contributed by atoms with Crippen molar-refractivity contribution in [3.05, 3.63) is 41.7 Å². The topological polar surface area (TPSA) is 55.2 Å². The molecule has 0 spiro atoms. The van der Waals surface area contributed by atoms with Gasteiger partial charge in [-0.3, -0.25) is 9.58 Å². The lowest BCUT2D eigenvalue weighted by atomic mass is 10.2. The molecule has 1 N–H and O–H groups in total. The van der Waals surface area contributed by atoms with Crippen molar-refractivity contribution in [1.82, 2.24) is 19.9 Å². The zero-order chi connectivity index (χ0) is 14.5. The first kappa shape index (κ1) is 14.0. The van der Waals surface area contributed by atoms with Crippen LogP contribution in [0.5, 0.6) is 0 Å². The quantitative estimate of drug-likeness (QED) is 0.897. The van der Waals surface area contributed by atoms with Gasteiger partial charge in [0.1, 0.15) is 0 Å². The fourth-order valence-electron chi connectivity index (χ4n) is 2.41. The Kier molecular flexibility index (Phi) is 4.47. The van der Waals surface area contributed by atoms with Crippen LogP contribution in [0.2, 0.25) is 0 Å². The Morgan fingerprint density at radius 2 is 1.95 bits per heavy atom. The Hall–Kier alpha value is -1.92. The highest BCUT2D eigenvalue weighted by Crippen LogP contribution is 2.13. The lowest BCUT2D eigenvalue weighted by Gasteiger charge is -2.26. The van der Waals surface area contributed by atoms with Gasteiger partial charge >= 0.3 is 0 Å². The number of anilines is 1. The fourth-order valence-corrected chi connectivity index (χ4v) is 2.41. The van der Waals surface area contributed by atoms with Crippen LogP contribution in [-0.2, 0) is 24.9 Å². The zero-order valence-corrected chi connectivity index (χ0v) is 12.3. The van der Waals surface area contributed by atoms with E-state index in [0.717, 1.165) is 50.8 Å². The molecule has 0 saturated carbocycles. The maximum atomic E-state index is 5.37. The number of benzene rings is 1. The molecule has 0 radical (unpaired) electrons. The van der Waals surface area contributed by atoms with Crippen LogP contribution >= 0.6 is 0 Å². The molecule has 21 heavy (non-hydrogen) atoms. The van der Waals surface area contributed by atoms with E-state index < -0.39 is 0 Å². The van der Waals surface area contributed by atoms with Crippen molar-refractivity contribution in [2.24, 2.45) is 7.05 Å². The maximum absolute atomic E-state index is 5.37. The standard InChI is InChI=1S/C15H21N5O/c1-19-15(11-17-18-19)10-16-14-4-2-13(3-5-14)12-20-6-8-21-9-7-20/h2-5,11,16H,6-10,12H2,1H3. The maximum Gasteiger partial charge on any atom is 0.0774 e. The summed E-state index contributed by atoms with van der Waals surface area (Å²) >= 11 is 0. The number of rotatable bonds is 5. The van der Waals surface area contributed by atoms with E-state index in [-0.39, 0.29) is 0 Å². The first-order valence-electron chi connectivity index (χ1n) is 7.28. The zero-order valence-electron chi connectivity index (χ0n) is 12.3. The van der Waals surface area contributed by atoms with E-state index in [1.807, 2.05) is 7.05 Å². The van der Waals surface area contributed by atoms with Crippen molar-refractivity contribution in [2.75, 3.05) is 31.6 Å². The predicted molar refractivity (Wildman–Crippen MR) is 80.9 cm³/mol. The van der Waals surface area contributed by atoms with Gasteiger partial charge in [-0.05, 0) is 17.7 Å². The van der Waals surface area contributed by atoms with E-state index in [9.17, 15) is 0 Å². The van der Waals surface area contributed by atoms with Gasteiger partial charge in [0.05, 0.1) is 31.6 Å². The Morgan fingerprint density at radius 1 is 1.19 bits per heavy atom. The molecule has 6 heteroatoms. The van der Waals surface area contributed by atoms with Crippen molar-refractivity contribution in [1.29, 1.82) is 0 Å². The molecule has 1 fully saturated rings. The van der Waals surface area contributed by atoms with Gasteiger partial charge in [0.2, 0.25) is 0 Å². The molecule has 6 nitrogen and oxygen atoms in total. The molecular formula is C15H21N5O. The lowest BCUT2D eigenvalue weighted by molar-refractivity contribution is 0.0342. The van der Waals surface area contributed by atoms with Crippen molar-refractivity contribution < 1.29 is 4.74 Å². The second-order valence-electron chi connectivity index (χ2n) is 5.29. The smallest absolute Gasteiger partial charge is 0.0774 e. The lowest BCUT2D eigenvalue weighted by Crippen LogP contribution is -2.35. The molecule has 0 unspecified atom stereocenters. The molecule has 0 atom stereocenters. The van der Waals surface area contributed by atoms with E-state index in [2.05, 4.69) is 44.8 Å². The van der Waals surface area contributed by atoms with Gasteiger partial charge in [-0.15, -0.1) is 5.10 Å². The summed E-state index contributed by atoms with van der Waals surface area (Å²) in [4.78, 5) is 2.42. The molecule has 0 bridgehead atoms. The summed E-state index contributed by atoms with van der Waals surface area (Å²) in [6.45, 7) is 5.46. The van der Waals surface area contributed by atoms with Crippen molar-refractivity contribution in [3.63, 3.8) is 0 Å². The van der Waals surface area contributed by atoms with Crippen LogP contribution in [0.25, 0.3) is 0 Å². The number of morpholine rings is 1. The number of hydrogen-bond acceptors (Lipinski definition) is 5. The number of nitrogens with zero attached hydrogens (tertiary/aromatic N) is 4. The second kappa shape index (κ2) is 6.69. The number of nitrogens with one attached hydrogen (secondary N) is 1. The summed E-state index contributed by atoms with van der Waals surface area (Å²) < 4.78 is 7.15. The third-order valence-corrected chi connectivity index (χ3v) is 3.75. The van der Waals surface area contributed by atoms with Crippen LogP contribution in [0.4, 0.5) is 5.69 Å². The summed E-state index contributed by atoms with van der Waals surface area (Å²) in [5.74, 6) is 0. The summed E-state index contributed by atoms with van der Waals surface area (Å²) in [6, 6.07) is 8.61. The van der Waals surface area contributed by atoms with Crippen LogP contribution < -0.4 is 5.32 Å². The second-order valence-corrected chi connectivity index (χ2v) is 5.29. The molecule has 1 saturated heterocycles. The molecule has 0 amide bonds. The van der Waals surface area contributed by atoms with Gasteiger partial charge in [0, 0.05) is 32.4 Å². The third kappa shape index (κ3) is 3.80. The first-order chi connectivity index (χ1) is 10.3. The van der Waals surface area contributed by atoms with Gasteiger partial charge in [-0.2, -0.15) is 0 Å². The SMILES string of the molecule is Cn1nncc1CNc1ccc(CN2CCOCC2)cc1. The van der Waals surface area contributed by atoms with Crippen LogP contribution in [-0.4, -0.2) is 46.2 Å². The highest BCUT2D eigenvalue weighted by molar-refractivity contribution is 5.44. The van der Waals surface area contributed by atoms with Gasteiger partial charge in [0.25, 0.3) is 0 Å². The van der Waals surface area contributed by atoms with Gasteiger partial charge in [0.15, 0.2) is 0 Å². The molecule has 1 aliphatic heterocycles. The number of ether oxygens (including phenoxy) is 1.